The molecule has 1 rings (SSSR count). The first kappa shape index (κ1) is 16.9. The molecule has 0 aromatic heterocycles. The SMILES string of the molecule is CC(C)N(CCOc1ccc([N+](=O)[O-])cc1C#N)C(C)C. The van der Waals surface area contributed by atoms with E-state index in [-0.39, 0.29) is 11.3 Å². The van der Waals surface area contributed by atoms with E-state index in [0.717, 1.165) is 6.54 Å². The number of benzene rings is 1. The van der Waals surface area contributed by atoms with Gasteiger partial charge >= 0.3 is 0 Å². The third kappa shape index (κ3) is 4.72. The normalized spacial score (nSPS) is 11.0. The van der Waals surface area contributed by atoms with Crippen LogP contribution in [0.15, 0.2) is 18.2 Å². The minimum absolute atomic E-state index is 0.107. The lowest BCUT2D eigenvalue weighted by molar-refractivity contribution is -0.384. The maximum atomic E-state index is 10.7. The van der Waals surface area contributed by atoms with E-state index in [1.807, 2.05) is 6.07 Å². The molecular weight excluding hydrogens is 270 g/mol. The molecule has 0 amide bonds. The van der Waals surface area contributed by atoms with Crippen molar-refractivity contribution >= 4 is 5.69 Å². The van der Waals surface area contributed by atoms with E-state index >= 15 is 0 Å². The molecule has 1 aromatic rings. The third-order valence-electron chi connectivity index (χ3n) is 3.23. The molecule has 0 atom stereocenters. The zero-order valence-electron chi connectivity index (χ0n) is 12.9. The van der Waals surface area contributed by atoms with Crippen LogP contribution in [-0.2, 0) is 0 Å². The summed E-state index contributed by atoms with van der Waals surface area (Å²) in [6.07, 6.45) is 0. The molecule has 114 valence electrons. The molecule has 0 aliphatic carbocycles. The lowest BCUT2D eigenvalue weighted by Crippen LogP contribution is -2.39. The molecule has 0 N–H and O–H groups in total. The van der Waals surface area contributed by atoms with Crippen molar-refractivity contribution in [3.8, 4) is 11.8 Å². The van der Waals surface area contributed by atoms with Crippen molar-refractivity contribution < 1.29 is 9.66 Å². The van der Waals surface area contributed by atoms with Gasteiger partial charge < -0.3 is 4.74 Å². The highest BCUT2D eigenvalue weighted by atomic mass is 16.6. The van der Waals surface area contributed by atoms with E-state index in [9.17, 15) is 10.1 Å². The minimum Gasteiger partial charge on any atom is -0.491 e. The molecule has 0 heterocycles. The van der Waals surface area contributed by atoms with Gasteiger partial charge in [-0.3, -0.25) is 15.0 Å². The number of nitro groups is 1. The van der Waals surface area contributed by atoms with Gasteiger partial charge in [-0.25, -0.2) is 0 Å². The number of nitriles is 1. The quantitative estimate of drug-likeness (QED) is 0.570. The van der Waals surface area contributed by atoms with Crippen LogP contribution >= 0.6 is 0 Å². The molecule has 0 saturated heterocycles. The maximum absolute atomic E-state index is 10.7. The average Bonchev–Trinajstić information content (AvgIpc) is 2.42. The first-order chi connectivity index (χ1) is 9.86. The molecule has 0 aliphatic heterocycles. The number of rotatable bonds is 7. The molecule has 1 aromatic carbocycles. The number of hydrogen-bond donors (Lipinski definition) is 0. The van der Waals surface area contributed by atoms with E-state index in [1.54, 1.807) is 0 Å². The van der Waals surface area contributed by atoms with Crippen molar-refractivity contribution in [3.05, 3.63) is 33.9 Å². The van der Waals surface area contributed by atoms with Gasteiger partial charge in [0, 0.05) is 30.8 Å². The molecule has 6 heteroatoms. The van der Waals surface area contributed by atoms with E-state index < -0.39 is 4.92 Å². The monoisotopic (exact) mass is 291 g/mol. The van der Waals surface area contributed by atoms with Crippen LogP contribution in [0.4, 0.5) is 5.69 Å². The molecule has 0 fully saturated rings. The molecule has 0 bridgehead atoms. The van der Waals surface area contributed by atoms with Crippen LogP contribution in [0.1, 0.15) is 33.3 Å². The highest BCUT2D eigenvalue weighted by Crippen LogP contribution is 2.23. The Bertz CT molecular complexity index is 527. The van der Waals surface area contributed by atoms with Crippen molar-refractivity contribution in [1.29, 1.82) is 5.26 Å². The van der Waals surface area contributed by atoms with E-state index in [1.165, 1.54) is 18.2 Å². The fraction of sp³-hybridized carbons (Fsp3) is 0.533. The van der Waals surface area contributed by atoms with Crippen molar-refractivity contribution in [2.75, 3.05) is 13.2 Å². The van der Waals surface area contributed by atoms with Gasteiger partial charge in [-0.05, 0) is 33.8 Å². The molecule has 21 heavy (non-hydrogen) atoms. The van der Waals surface area contributed by atoms with Gasteiger partial charge in [0.1, 0.15) is 24.0 Å². The van der Waals surface area contributed by atoms with Crippen LogP contribution in [0, 0.1) is 21.4 Å². The Labute approximate surface area is 125 Å². The largest absolute Gasteiger partial charge is 0.491 e. The van der Waals surface area contributed by atoms with Crippen LogP contribution in [0.2, 0.25) is 0 Å². The fourth-order valence-corrected chi connectivity index (χ4v) is 2.22. The van der Waals surface area contributed by atoms with Crippen LogP contribution in [-0.4, -0.2) is 35.1 Å². The van der Waals surface area contributed by atoms with Gasteiger partial charge in [0.15, 0.2) is 0 Å². The second kappa shape index (κ2) is 7.60. The second-order valence-electron chi connectivity index (χ2n) is 5.32. The summed E-state index contributed by atoms with van der Waals surface area (Å²) < 4.78 is 5.61. The molecule has 0 saturated carbocycles. The standard InChI is InChI=1S/C15H21N3O3/c1-11(2)17(12(3)4)7-8-21-15-6-5-14(18(19)20)9-13(15)10-16/h5-6,9,11-12H,7-8H2,1-4H3. The second-order valence-corrected chi connectivity index (χ2v) is 5.32. The zero-order valence-corrected chi connectivity index (χ0v) is 12.9. The number of nitro benzene ring substituents is 1. The van der Waals surface area contributed by atoms with Crippen LogP contribution in [0.25, 0.3) is 0 Å². The van der Waals surface area contributed by atoms with Crippen molar-refractivity contribution in [2.45, 2.75) is 39.8 Å². The molecule has 0 spiro atoms. The molecular formula is C15H21N3O3. The number of ether oxygens (including phenoxy) is 1. The van der Waals surface area contributed by atoms with Gasteiger partial charge in [-0.1, -0.05) is 0 Å². The lowest BCUT2D eigenvalue weighted by Gasteiger charge is -2.30. The fourth-order valence-electron chi connectivity index (χ4n) is 2.22. The first-order valence-electron chi connectivity index (χ1n) is 6.94. The molecule has 0 radical (unpaired) electrons. The van der Waals surface area contributed by atoms with Gasteiger partial charge in [0.05, 0.1) is 4.92 Å². The topological polar surface area (TPSA) is 79.4 Å². The van der Waals surface area contributed by atoms with Gasteiger partial charge in [0.2, 0.25) is 0 Å². The predicted octanol–water partition coefficient (Wildman–Crippen LogP) is 2.96. The van der Waals surface area contributed by atoms with Gasteiger partial charge in [-0.15, -0.1) is 0 Å². The van der Waals surface area contributed by atoms with E-state index in [0.29, 0.717) is 24.4 Å². The predicted molar refractivity (Wildman–Crippen MR) is 80.3 cm³/mol. The summed E-state index contributed by atoms with van der Waals surface area (Å²) in [5, 5.41) is 19.7. The Morgan fingerprint density at radius 2 is 1.95 bits per heavy atom. The first-order valence-corrected chi connectivity index (χ1v) is 6.94. The van der Waals surface area contributed by atoms with Crippen LogP contribution < -0.4 is 4.74 Å². The molecule has 0 aliphatic rings. The Kier molecular flexibility index (Phi) is 6.12. The smallest absolute Gasteiger partial charge is 0.271 e. The number of nitrogens with zero attached hydrogens (tertiary/aromatic N) is 3. The van der Waals surface area contributed by atoms with Crippen LogP contribution in [0.3, 0.4) is 0 Å². The summed E-state index contributed by atoms with van der Waals surface area (Å²) in [5.74, 6) is 0.385. The van der Waals surface area contributed by atoms with E-state index in [4.69, 9.17) is 10.00 Å². The summed E-state index contributed by atoms with van der Waals surface area (Å²) in [5.41, 5.74) is 0.0785. The Morgan fingerprint density at radius 1 is 1.33 bits per heavy atom. The molecule has 0 unspecified atom stereocenters. The van der Waals surface area contributed by atoms with Crippen molar-refractivity contribution in [1.82, 2.24) is 4.90 Å². The highest BCUT2D eigenvalue weighted by Gasteiger charge is 2.15. The average molecular weight is 291 g/mol. The highest BCUT2D eigenvalue weighted by molar-refractivity contribution is 5.50. The minimum atomic E-state index is -0.524. The Balaban J connectivity index is 2.72. The van der Waals surface area contributed by atoms with Gasteiger partial charge in [0.25, 0.3) is 5.69 Å². The van der Waals surface area contributed by atoms with Crippen LogP contribution in [0.5, 0.6) is 5.75 Å². The molecule has 6 nitrogen and oxygen atoms in total. The van der Waals surface area contributed by atoms with Crippen molar-refractivity contribution in [3.63, 3.8) is 0 Å². The summed E-state index contributed by atoms with van der Waals surface area (Å²) in [7, 11) is 0. The van der Waals surface area contributed by atoms with Gasteiger partial charge in [-0.2, -0.15) is 5.26 Å². The summed E-state index contributed by atoms with van der Waals surface area (Å²) in [6, 6.07) is 6.80. The summed E-state index contributed by atoms with van der Waals surface area (Å²) in [4.78, 5) is 12.4. The number of non-ortho nitro benzene ring substituents is 1. The summed E-state index contributed by atoms with van der Waals surface area (Å²) >= 11 is 0. The lowest BCUT2D eigenvalue weighted by atomic mass is 10.2. The third-order valence-corrected chi connectivity index (χ3v) is 3.23. The van der Waals surface area contributed by atoms with Crippen molar-refractivity contribution in [2.24, 2.45) is 0 Å². The maximum Gasteiger partial charge on any atom is 0.271 e. The Hall–Kier alpha value is -2.13. The number of hydrogen-bond acceptors (Lipinski definition) is 5. The zero-order chi connectivity index (χ0) is 16.0. The summed E-state index contributed by atoms with van der Waals surface area (Å²) in [6.45, 7) is 9.64. The van der Waals surface area contributed by atoms with E-state index in [2.05, 4.69) is 32.6 Å². The Morgan fingerprint density at radius 3 is 2.43 bits per heavy atom.